The number of nitrogens with one attached hydrogen (secondary N) is 1. The molecule has 0 bridgehead atoms. The van der Waals surface area contributed by atoms with E-state index in [4.69, 9.17) is 9.47 Å². The molecule has 1 aromatic carbocycles. The van der Waals surface area contributed by atoms with E-state index in [-0.39, 0.29) is 5.91 Å². The summed E-state index contributed by atoms with van der Waals surface area (Å²) in [5.74, 6) is 2.27. The van der Waals surface area contributed by atoms with Crippen LogP contribution in [0, 0.1) is 0 Å². The minimum atomic E-state index is 0.0138. The molecular formula is C15H19N3O3. The minimum absolute atomic E-state index is 0.0138. The van der Waals surface area contributed by atoms with Crippen molar-refractivity contribution in [1.82, 2.24) is 14.9 Å². The lowest BCUT2D eigenvalue weighted by Gasteiger charge is -2.16. The van der Waals surface area contributed by atoms with E-state index in [1.807, 2.05) is 24.3 Å². The van der Waals surface area contributed by atoms with Crippen LogP contribution in [0.3, 0.4) is 0 Å². The summed E-state index contributed by atoms with van der Waals surface area (Å²) in [7, 11) is 3.36. The Morgan fingerprint density at radius 3 is 2.62 bits per heavy atom. The highest BCUT2D eigenvalue weighted by Gasteiger charge is 2.10. The summed E-state index contributed by atoms with van der Waals surface area (Å²) < 4.78 is 10.6. The van der Waals surface area contributed by atoms with Crippen LogP contribution in [0.4, 0.5) is 0 Å². The third-order valence-electron chi connectivity index (χ3n) is 3.01. The van der Waals surface area contributed by atoms with Crippen LogP contribution in [0.25, 0.3) is 0 Å². The van der Waals surface area contributed by atoms with E-state index in [2.05, 4.69) is 9.97 Å². The highest BCUT2D eigenvalue weighted by Crippen LogP contribution is 2.17. The summed E-state index contributed by atoms with van der Waals surface area (Å²) in [6.07, 6.45) is 3.73. The fraction of sp³-hybridized carbons (Fsp3) is 0.333. The Morgan fingerprint density at radius 1 is 1.29 bits per heavy atom. The van der Waals surface area contributed by atoms with Crippen LogP contribution in [-0.4, -0.2) is 41.5 Å². The first-order valence-corrected chi connectivity index (χ1v) is 6.68. The van der Waals surface area contributed by atoms with Crippen molar-refractivity contribution in [3.05, 3.63) is 42.5 Å². The molecule has 0 fully saturated rings. The molecule has 0 atom stereocenters. The van der Waals surface area contributed by atoms with E-state index < -0.39 is 0 Å². The van der Waals surface area contributed by atoms with Crippen molar-refractivity contribution in [2.45, 2.75) is 13.0 Å². The predicted octanol–water partition coefficient (Wildman–Crippen LogP) is 1.85. The topological polar surface area (TPSA) is 67.5 Å². The summed E-state index contributed by atoms with van der Waals surface area (Å²) in [4.78, 5) is 20.6. The van der Waals surface area contributed by atoms with Gasteiger partial charge in [-0.2, -0.15) is 0 Å². The van der Waals surface area contributed by atoms with Crippen LogP contribution < -0.4 is 9.47 Å². The number of aromatic nitrogens is 2. The minimum Gasteiger partial charge on any atom is -0.497 e. The maximum Gasteiger partial charge on any atom is 0.226 e. The van der Waals surface area contributed by atoms with Gasteiger partial charge in [0.25, 0.3) is 0 Å². The molecule has 0 unspecified atom stereocenters. The molecule has 21 heavy (non-hydrogen) atoms. The van der Waals surface area contributed by atoms with Crippen molar-refractivity contribution >= 4 is 5.91 Å². The van der Waals surface area contributed by atoms with Crippen molar-refractivity contribution in [1.29, 1.82) is 0 Å². The van der Waals surface area contributed by atoms with Gasteiger partial charge in [-0.05, 0) is 24.3 Å². The molecule has 6 heteroatoms. The number of carbonyl (C=O) groups is 1. The number of hydrogen-bond donors (Lipinski definition) is 1. The van der Waals surface area contributed by atoms with Crippen LogP contribution in [0.5, 0.6) is 11.5 Å². The number of aromatic amines is 1. The fourth-order valence-corrected chi connectivity index (χ4v) is 1.82. The number of carbonyl (C=O) groups excluding carboxylic acids is 1. The van der Waals surface area contributed by atoms with Crippen LogP contribution in [0.2, 0.25) is 0 Å². The first kappa shape index (κ1) is 14.9. The predicted molar refractivity (Wildman–Crippen MR) is 78.2 cm³/mol. The second-order valence-electron chi connectivity index (χ2n) is 4.56. The largest absolute Gasteiger partial charge is 0.497 e. The zero-order valence-corrected chi connectivity index (χ0v) is 12.2. The van der Waals surface area contributed by atoms with Gasteiger partial charge in [-0.1, -0.05) is 0 Å². The number of ether oxygens (including phenoxy) is 2. The van der Waals surface area contributed by atoms with Gasteiger partial charge in [0.05, 0.1) is 26.7 Å². The van der Waals surface area contributed by atoms with Gasteiger partial charge in [0.1, 0.15) is 17.3 Å². The second-order valence-corrected chi connectivity index (χ2v) is 4.56. The molecule has 1 heterocycles. The van der Waals surface area contributed by atoms with Gasteiger partial charge in [0, 0.05) is 19.4 Å². The van der Waals surface area contributed by atoms with Gasteiger partial charge in [-0.25, -0.2) is 4.98 Å². The maximum atomic E-state index is 11.9. The number of H-pyrrole nitrogens is 1. The van der Waals surface area contributed by atoms with Crippen molar-refractivity contribution < 1.29 is 14.3 Å². The first-order chi connectivity index (χ1) is 10.2. The maximum absolute atomic E-state index is 11.9. The normalized spacial score (nSPS) is 10.2. The molecule has 0 radical (unpaired) electrons. The molecule has 6 nitrogen and oxygen atoms in total. The van der Waals surface area contributed by atoms with Crippen molar-refractivity contribution in [2.24, 2.45) is 0 Å². The van der Waals surface area contributed by atoms with Gasteiger partial charge in [0.15, 0.2) is 0 Å². The molecule has 0 aliphatic heterocycles. The monoisotopic (exact) mass is 289 g/mol. The number of amides is 1. The third kappa shape index (κ3) is 4.52. The molecule has 112 valence electrons. The molecule has 1 aromatic heterocycles. The number of rotatable bonds is 7. The average Bonchev–Trinajstić information content (AvgIpc) is 3.00. The summed E-state index contributed by atoms with van der Waals surface area (Å²) in [6, 6.07) is 7.27. The number of methoxy groups -OCH3 is 1. The molecule has 1 amide bonds. The third-order valence-corrected chi connectivity index (χ3v) is 3.01. The number of imidazole rings is 1. The molecule has 2 rings (SSSR count). The molecule has 0 aliphatic carbocycles. The molecule has 2 aromatic rings. The summed E-state index contributed by atoms with van der Waals surface area (Å²) in [5.41, 5.74) is 0. The number of nitrogens with zero attached hydrogens (tertiary/aromatic N) is 2. The van der Waals surface area contributed by atoms with E-state index in [0.29, 0.717) is 19.6 Å². The average molecular weight is 289 g/mol. The molecular weight excluding hydrogens is 270 g/mol. The fourth-order valence-electron chi connectivity index (χ4n) is 1.82. The van der Waals surface area contributed by atoms with E-state index in [1.54, 1.807) is 31.5 Å². The van der Waals surface area contributed by atoms with Crippen LogP contribution >= 0.6 is 0 Å². The summed E-state index contributed by atoms with van der Waals surface area (Å²) in [5, 5.41) is 0. The summed E-state index contributed by atoms with van der Waals surface area (Å²) in [6.45, 7) is 0.808. The SMILES string of the molecule is COc1ccc(OCCC(=O)N(C)Cc2ncc[nH]2)cc1. The van der Waals surface area contributed by atoms with Crippen LogP contribution in [0.15, 0.2) is 36.7 Å². The lowest BCUT2D eigenvalue weighted by atomic mass is 10.3. The van der Waals surface area contributed by atoms with Gasteiger partial charge in [0.2, 0.25) is 5.91 Å². The number of hydrogen-bond acceptors (Lipinski definition) is 4. The van der Waals surface area contributed by atoms with Gasteiger partial charge < -0.3 is 19.4 Å². The first-order valence-electron chi connectivity index (χ1n) is 6.68. The van der Waals surface area contributed by atoms with E-state index in [0.717, 1.165) is 17.3 Å². The molecule has 0 aliphatic rings. The Labute approximate surface area is 123 Å². The Hall–Kier alpha value is -2.50. The van der Waals surface area contributed by atoms with E-state index in [1.165, 1.54) is 0 Å². The summed E-state index contributed by atoms with van der Waals surface area (Å²) >= 11 is 0. The molecule has 0 spiro atoms. The van der Waals surface area contributed by atoms with E-state index in [9.17, 15) is 4.79 Å². The zero-order valence-electron chi connectivity index (χ0n) is 12.2. The molecule has 0 saturated heterocycles. The Bertz CT molecular complexity index is 552. The van der Waals surface area contributed by atoms with Gasteiger partial charge >= 0.3 is 0 Å². The van der Waals surface area contributed by atoms with Crippen molar-refractivity contribution in [3.8, 4) is 11.5 Å². The Balaban J connectivity index is 1.73. The highest BCUT2D eigenvalue weighted by molar-refractivity contribution is 5.75. The standard InChI is InChI=1S/C15H19N3O3/c1-18(11-14-16-8-9-17-14)15(19)7-10-21-13-5-3-12(20-2)4-6-13/h3-6,8-9H,7,10-11H2,1-2H3,(H,16,17). The number of benzene rings is 1. The Morgan fingerprint density at radius 2 is 2.00 bits per heavy atom. The molecule has 1 N–H and O–H groups in total. The van der Waals surface area contributed by atoms with Crippen LogP contribution in [0.1, 0.15) is 12.2 Å². The van der Waals surface area contributed by atoms with Crippen molar-refractivity contribution in [3.63, 3.8) is 0 Å². The Kier molecular flexibility index (Phi) is 5.20. The quantitative estimate of drug-likeness (QED) is 0.844. The van der Waals surface area contributed by atoms with Crippen molar-refractivity contribution in [2.75, 3.05) is 20.8 Å². The van der Waals surface area contributed by atoms with Gasteiger partial charge in [-0.3, -0.25) is 4.79 Å². The smallest absolute Gasteiger partial charge is 0.226 e. The van der Waals surface area contributed by atoms with Crippen LogP contribution in [-0.2, 0) is 11.3 Å². The zero-order chi connectivity index (χ0) is 15.1. The second kappa shape index (κ2) is 7.33. The molecule has 0 saturated carbocycles. The highest BCUT2D eigenvalue weighted by atomic mass is 16.5. The lowest BCUT2D eigenvalue weighted by Crippen LogP contribution is -2.27. The van der Waals surface area contributed by atoms with Gasteiger partial charge in [-0.15, -0.1) is 0 Å². The lowest BCUT2D eigenvalue weighted by molar-refractivity contribution is -0.131. The van der Waals surface area contributed by atoms with E-state index >= 15 is 0 Å².